The average Bonchev–Trinajstić information content (AvgIpc) is 1.85. The first-order chi connectivity index (χ1) is 5.48. The summed E-state index contributed by atoms with van der Waals surface area (Å²) in [5, 5.41) is 18.3. The van der Waals surface area contributed by atoms with Gasteiger partial charge in [-0.2, -0.15) is 0 Å². The van der Waals surface area contributed by atoms with E-state index in [1.807, 2.05) is 13.8 Å². The molecule has 0 aliphatic heterocycles. The van der Waals surface area contributed by atoms with Gasteiger partial charge in [-0.25, -0.2) is 0 Å². The average molecular weight is 172 g/mol. The molecule has 0 aliphatic carbocycles. The van der Waals surface area contributed by atoms with E-state index in [4.69, 9.17) is 5.11 Å². The molecule has 2 heteroatoms. The van der Waals surface area contributed by atoms with Crippen molar-refractivity contribution < 1.29 is 10.2 Å². The number of allylic oxidation sites excluding steroid dienone is 2. The van der Waals surface area contributed by atoms with Crippen molar-refractivity contribution in [2.75, 3.05) is 6.61 Å². The zero-order valence-corrected chi connectivity index (χ0v) is 8.30. The third-order valence-electron chi connectivity index (χ3n) is 1.89. The van der Waals surface area contributed by atoms with Gasteiger partial charge in [-0.1, -0.05) is 11.6 Å². The van der Waals surface area contributed by atoms with Crippen molar-refractivity contribution in [3.8, 4) is 0 Å². The van der Waals surface area contributed by atoms with Gasteiger partial charge in [-0.05, 0) is 40.0 Å². The zero-order chi connectivity index (χ0) is 9.61. The first kappa shape index (κ1) is 11.7. The summed E-state index contributed by atoms with van der Waals surface area (Å²) in [6, 6.07) is 0. The third-order valence-corrected chi connectivity index (χ3v) is 1.89. The minimum Gasteiger partial charge on any atom is -0.396 e. The van der Waals surface area contributed by atoms with Crippen molar-refractivity contribution in [2.45, 2.75) is 45.6 Å². The summed E-state index contributed by atoms with van der Waals surface area (Å²) < 4.78 is 0. The van der Waals surface area contributed by atoms with Crippen LogP contribution < -0.4 is 0 Å². The van der Waals surface area contributed by atoms with Crippen molar-refractivity contribution in [3.63, 3.8) is 0 Å². The van der Waals surface area contributed by atoms with Crippen LogP contribution in [0.2, 0.25) is 0 Å². The van der Waals surface area contributed by atoms with Gasteiger partial charge in [0.25, 0.3) is 0 Å². The first-order valence-electron chi connectivity index (χ1n) is 4.44. The lowest BCUT2D eigenvalue weighted by Gasteiger charge is -2.21. The van der Waals surface area contributed by atoms with Crippen LogP contribution in [0.15, 0.2) is 11.6 Å². The number of aliphatic hydroxyl groups is 2. The standard InChI is InChI=1S/C10H20O2/c1-9(2)5-4-6-10(3,12)7-8-11/h5,11-12H,4,6-8H2,1-3H3. The lowest BCUT2D eigenvalue weighted by atomic mass is 9.96. The predicted octanol–water partition coefficient (Wildman–Crippen LogP) is 1.87. The molecule has 0 rings (SSSR count). The van der Waals surface area contributed by atoms with E-state index in [1.165, 1.54) is 5.57 Å². The molecule has 0 saturated heterocycles. The van der Waals surface area contributed by atoms with Crippen LogP contribution in [-0.4, -0.2) is 22.4 Å². The fourth-order valence-electron chi connectivity index (χ4n) is 1.04. The minimum absolute atomic E-state index is 0.0574. The van der Waals surface area contributed by atoms with Crippen LogP contribution in [0, 0.1) is 0 Å². The fourth-order valence-corrected chi connectivity index (χ4v) is 1.04. The molecule has 0 aromatic carbocycles. The molecular formula is C10H20O2. The van der Waals surface area contributed by atoms with Crippen molar-refractivity contribution in [1.29, 1.82) is 0 Å². The van der Waals surface area contributed by atoms with E-state index in [2.05, 4.69) is 6.08 Å². The normalized spacial score (nSPS) is 15.4. The molecule has 0 aromatic rings. The molecule has 1 atom stereocenters. The summed E-state index contributed by atoms with van der Waals surface area (Å²) in [4.78, 5) is 0. The summed E-state index contributed by atoms with van der Waals surface area (Å²) >= 11 is 0. The summed E-state index contributed by atoms with van der Waals surface area (Å²) in [5.74, 6) is 0. The Labute approximate surface area is 74.9 Å². The summed E-state index contributed by atoms with van der Waals surface area (Å²) in [6.45, 7) is 5.91. The maximum atomic E-state index is 9.64. The van der Waals surface area contributed by atoms with E-state index in [0.29, 0.717) is 6.42 Å². The Morgan fingerprint density at radius 1 is 1.33 bits per heavy atom. The fraction of sp³-hybridized carbons (Fsp3) is 0.800. The van der Waals surface area contributed by atoms with Crippen molar-refractivity contribution >= 4 is 0 Å². The van der Waals surface area contributed by atoms with E-state index >= 15 is 0 Å². The number of hydrogen-bond donors (Lipinski definition) is 2. The van der Waals surface area contributed by atoms with Crippen molar-refractivity contribution in [3.05, 3.63) is 11.6 Å². The van der Waals surface area contributed by atoms with E-state index in [0.717, 1.165) is 12.8 Å². The Morgan fingerprint density at radius 3 is 2.33 bits per heavy atom. The predicted molar refractivity (Wildman–Crippen MR) is 51.0 cm³/mol. The highest BCUT2D eigenvalue weighted by Crippen LogP contribution is 2.16. The lowest BCUT2D eigenvalue weighted by molar-refractivity contribution is 0.0264. The van der Waals surface area contributed by atoms with Crippen LogP contribution >= 0.6 is 0 Å². The summed E-state index contributed by atoms with van der Waals surface area (Å²) in [5.41, 5.74) is 0.565. The lowest BCUT2D eigenvalue weighted by Crippen LogP contribution is -2.24. The van der Waals surface area contributed by atoms with Gasteiger partial charge < -0.3 is 10.2 Å². The quantitative estimate of drug-likeness (QED) is 0.621. The molecule has 0 saturated carbocycles. The van der Waals surface area contributed by atoms with Crippen LogP contribution in [0.5, 0.6) is 0 Å². The molecule has 2 nitrogen and oxygen atoms in total. The maximum Gasteiger partial charge on any atom is 0.0644 e. The van der Waals surface area contributed by atoms with Gasteiger partial charge in [-0.15, -0.1) is 0 Å². The van der Waals surface area contributed by atoms with Crippen LogP contribution in [-0.2, 0) is 0 Å². The molecule has 72 valence electrons. The van der Waals surface area contributed by atoms with Crippen LogP contribution in [0.3, 0.4) is 0 Å². The topological polar surface area (TPSA) is 40.5 Å². The van der Waals surface area contributed by atoms with Gasteiger partial charge in [0.15, 0.2) is 0 Å². The molecule has 12 heavy (non-hydrogen) atoms. The molecule has 0 aromatic heterocycles. The molecule has 0 aliphatic rings. The van der Waals surface area contributed by atoms with E-state index in [1.54, 1.807) is 6.92 Å². The number of hydrogen-bond acceptors (Lipinski definition) is 2. The van der Waals surface area contributed by atoms with Crippen molar-refractivity contribution in [2.24, 2.45) is 0 Å². The van der Waals surface area contributed by atoms with Gasteiger partial charge in [0.1, 0.15) is 0 Å². The highest BCUT2D eigenvalue weighted by atomic mass is 16.3. The Morgan fingerprint density at radius 2 is 1.92 bits per heavy atom. The van der Waals surface area contributed by atoms with Crippen LogP contribution in [0.25, 0.3) is 0 Å². The molecule has 0 radical (unpaired) electrons. The number of aliphatic hydroxyl groups excluding tert-OH is 1. The molecule has 0 amide bonds. The zero-order valence-electron chi connectivity index (χ0n) is 8.30. The van der Waals surface area contributed by atoms with Gasteiger partial charge in [0.05, 0.1) is 5.60 Å². The second-order valence-electron chi connectivity index (χ2n) is 3.79. The minimum atomic E-state index is -0.708. The molecule has 0 bridgehead atoms. The second kappa shape index (κ2) is 5.33. The van der Waals surface area contributed by atoms with Gasteiger partial charge >= 0.3 is 0 Å². The SMILES string of the molecule is CC(C)=CCCC(C)(O)CCO. The largest absolute Gasteiger partial charge is 0.396 e. The molecule has 0 fully saturated rings. The third kappa shape index (κ3) is 6.38. The van der Waals surface area contributed by atoms with Gasteiger partial charge in [0, 0.05) is 6.61 Å². The highest BCUT2D eigenvalue weighted by molar-refractivity contribution is 4.94. The Kier molecular flexibility index (Phi) is 5.18. The van der Waals surface area contributed by atoms with E-state index < -0.39 is 5.60 Å². The van der Waals surface area contributed by atoms with Gasteiger partial charge in [0.2, 0.25) is 0 Å². The number of rotatable bonds is 5. The second-order valence-corrected chi connectivity index (χ2v) is 3.79. The van der Waals surface area contributed by atoms with E-state index in [-0.39, 0.29) is 6.61 Å². The Balaban J connectivity index is 3.68. The Hall–Kier alpha value is -0.340. The molecule has 1 unspecified atom stereocenters. The maximum absolute atomic E-state index is 9.64. The molecular weight excluding hydrogens is 152 g/mol. The highest BCUT2D eigenvalue weighted by Gasteiger charge is 2.17. The van der Waals surface area contributed by atoms with Crippen LogP contribution in [0.4, 0.5) is 0 Å². The van der Waals surface area contributed by atoms with Gasteiger partial charge in [-0.3, -0.25) is 0 Å². The first-order valence-corrected chi connectivity index (χ1v) is 4.44. The molecule has 0 spiro atoms. The molecule has 0 heterocycles. The smallest absolute Gasteiger partial charge is 0.0644 e. The Bertz CT molecular complexity index is 144. The summed E-state index contributed by atoms with van der Waals surface area (Å²) in [6.07, 6.45) is 4.17. The van der Waals surface area contributed by atoms with E-state index in [9.17, 15) is 5.11 Å². The van der Waals surface area contributed by atoms with Crippen LogP contribution in [0.1, 0.15) is 40.0 Å². The molecule has 2 N–H and O–H groups in total. The van der Waals surface area contributed by atoms with Crippen molar-refractivity contribution in [1.82, 2.24) is 0 Å². The summed E-state index contributed by atoms with van der Waals surface area (Å²) in [7, 11) is 0. The monoisotopic (exact) mass is 172 g/mol.